The topological polar surface area (TPSA) is 67.1 Å². The Morgan fingerprint density at radius 1 is 1.77 bits per heavy atom. The number of fused-ring (bicyclic) bond motifs is 1. The second-order valence-corrected chi connectivity index (χ2v) is 3.10. The van der Waals surface area contributed by atoms with Gasteiger partial charge in [-0.15, -0.1) is 0 Å². The van der Waals surface area contributed by atoms with E-state index in [1.807, 2.05) is 4.57 Å². The molecule has 5 heteroatoms. The fraction of sp³-hybridized carbons (Fsp3) is 0.500. The number of rotatable bonds is 2. The van der Waals surface area contributed by atoms with E-state index in [1.54, 1.807) is 6.20 Å². The van der Waals surface area contributed by atoms with Crippen molar-refractivity contribution in [3.63, 3.8) is 0 Å². The van der Waals surface area contributed by atoms with E-state index in [0.717, 1.165) is 25.5 Å². The van der Waals surface area contributed by atoms with Crippen LogP contribution in [0.4, 0.5) is 5.95 Å². The number of aryl methyl sites for hydroxylation is 1. The van der Waals surface area contributed by atoms with Crippen molar-refractivity contribution in [2.75, 3.05) is 11.9 Å². The van der Waals surface area contributed by atoms with Crippen LogP contribution in [0, 0.1) is 0 Å². The van der Waals surface area contributed by atoms with Crippen molar-refractivity contribution in [2.45, 2.75) is 19.4 Å². The van der Waals surface area contributed by atoms with Crippen LogP contribution in [-0.2, 0) is 17.8 Å². The maximum Gasteiger partial charge on any atom is 0.309 e. The molecule has 1 aliphatic heterocycles. The average molecular weight is 181 g/mol. The number of nitrogens with one attached hydrogen (secondary N) is 1. The number of imidazole rings is 1. The third kappa shape index (κ3) is 1.63. The number of aromatic nitrogens is 2. The standard InChI is InChI=1S/C8H11N3O2/c12-7(13)4-6-5-11-3-1-2-9-8(11)10-6/h5H,1-4H2,(H,9,10)(H,12,13). The molecule has 0 bridgehead atoms. The highest BCUT2D eigenvalue weighted by molar-refractivity contribution is 5.69. The lowest BCUT2D eigenvalue weighted by Gasteiger charge is -2.14. The fourth-order valence-electron chi connectivity index (χ4n) is 1.47. The summed E-state index contributed by atoms with van der Waals surface area (Å²) in [6.07, 6.45) is 2.87. The van der Waals surface area contributed by atoms with Gasteiger partial charge in [-0.2, -0.15) is 0 Å². The minimum absolute atomic E-state index is 0.00167. The maximum absolute atomic E-state index is 10.4. The van der Waals surface area contributed by atoms with Crippen molar-refractivity contribution in [3.05, 3.63) is 11.9 Å². The summed E-state index contributed by atoms with van der Waals surface area (Å²) in [6, 6.07) is 0. The molecule has 0 aromatic carbocycles. The van der Waals surface area contributed by atoms with Crippen LogP contribution in [0.15, 0.2) is 6.20 Å². The van der Waals surface area contributed by atoms with E-state index in [4.69, 9.17) is 5.11 Å². The van der Waals surface area contributed by atoms with Crippen molar-refractivity contribution in [1.82, 2.24) is 9.55 Å². The van der Waals surface area contributed by atoms with Crippen LogP contribution < -0.4 is 5.32 Å². The van der Waals surface area contributed by atoms with Gasteiger partial charge < -0.3 is 15.0 Å². The molecule has 2 heterocycles. The molecule has 0 atom stereocenters. The zero-order valence-corrected chi connectivity index (χ0v) is 7.16. The first-order valence-electron chi connectivity index (χ1n) is 4.27. The van der Waals surface area contributed by atoms with Gasteiger partial charge in [0.15, 0.2) is 0 Å². The van der Waals surface area contributed by atoms with E-state index < -0.39 is 5.97 Å². The van der Waals surface area contributed by atoms with E-state index in [-0.39, 0.29) is 6.42 Å². The zero-order chi connectivity index (χ0) is 9.26. The van der Waals surface area contributed by atoms with Gasteiger partial charge in [0.25, 0.3) is 0 Å². The van der Waals surface area contributed by atoms with Gasteiger partial charge in [0.05, 0.1) is 12.1 Å². The van der Waals surface area contributed by atoms with Crippen molar-refractivity contribution in [3.8, 4) is 0 Å². The minimum Gasteiger partial charge on any atom is -0.481 e. The minimum atomic E-state index is -0.838. The van der Waals surface area contributed by atoms with E-state index in [1.165, 1.54) is 0 Å². The fourth-order valence-corrected chi connectivity index (χ4v) is 1.47. The molecule has 0 saturated carbocycles. The quantitative estimate of drug-likeness (QED) is 0.689. The molecule has 0 saturated heterocycles. The lowest BCUT2D eigenvalue weighted by molar-refractivity contribution is -0.136. The van der Waals surface area contributed by atoms with E-state index >= 15 is 0 Å². The van der Waals surface area contributed by atoms with E-state index in [2.05, 4.69) is 10.3 Å². The monoisotopic (exact) mass is 181 g/mol. The molecule has 1 aromatic heterocycles. The highest BCUT2D eigenvalue weighted by Gasteiger charge is 2.12. The molecule has 2 rings (SSSR count). The molecule has 0 amide bonds. The number of nitrogens with zero attached hydrogens (tertiary/aromatic N) is 2. The van der Waals surface area contributed by atoms with E-state index in [0.29, 0.717) is 5.69 Å². The van der Waals surface area contributed by atoms with Crippen molar-refractivity contribution in [2.24, 2.45) is 0 Å². The first kappa shape index (κ1) is 8.10. The van der Waals surface area contributed by atoms with Crippen LogP contribution in [0.1, 0.15) is 12.1 Å². The molecule has 13 heavy (non-hydrogen) atoms. The number of carbonyl (C=O) groups is 1. The van der Waals surface area contributed by atoms with Gasteiger partial charge in [0.1, 0.15) is 0 Å². The number of aliphatic carboxylic acids is 1. The Bertz CT molecular complexity index is 309. The van der Waals surface area contributed by atoms with Crippen LogP contribution >= 0.6 is 0 Å². The number of anilines is 1. The molecule has 0 fully saturated rings. The van der Waals surface area contributed by atoms with Gasteiger partial charge >= 0.3 is 5.97 Å². The Labute approximate surface area is 75.4 Å². The SMILES string of the molecule is O=C(O)Cc1cn2c(n1)NCCC2. The summed E-state index contributed by atoms with van der Waals surface area (Å²) in [5.74, 6) is -0.0436. The van der Waals surface area contributed by atoms with Crippen LogP contribution in [0.25, 0.3) is 0 Å². The number of hydrogen-bond acceptors (Lipinski definition) is 3. The number of hydrogen-bond donors (Lipinski definition) is 2. The third-order valence-electron chi connectivity index (χ3n) is 2.02. The summed E-state index contributed by atoms with van der Waals surface area (Å²) < 4.78 is 1.96. The van der Waals surface area contributed by atoms with Gasteiger partial charge in [0, 0.05) is 19.3 Å². The molecular formula is C8H11N3O2. The van der Waals surface area contributed by atoms with Crippen LogP contribution in [0.2, 0.25) is 0 Å². The number of carboxylic acid groups (broad SMARTS) is 1. The Balaban J connectivity index is 2.20. The lowest BCUT2D eigenvalue weighted by Crippen LogP contribution is -2.16. The molecule has 0 aliphatic carbocycles. The molecule has 0 unspecified atom stereocenters. The maximum atomic E-state index is 10.4. The second-order valence-electron chi connectivity index (χ2n) is 3.10. The van der Waals surface area contributed by atoms with Crippen molar-refractivity contribution >= 4 is 11.9 Å². The molecule has 0 radical (unpaired) electrons. The molecule has 0 spiro atoms. The lowest BCUT2D eigenvalue weighted by atomic mass is 10.3. The summed E-state index contributed by atoms with van der Waals surface area (Å²) in [5, 5.41) is 11.7. The molecule has 2 N–H and O–H groups in total. The normalized spacial score (nSPS) is 14.8. The summed E-state index contributed by atoms with van der Waals surface area (Å²) >= 11 is 0. The van der Waals surface area contributed by atoms with Gasteiger partial charge in [-0.1, -0.05) is 0 Å². The summed E-state index contributed by atoms with van der Waals surface area (Å²) in [7, 11) is 0. The average Bonchev–Trinajstić information content (AvgIpc) is 2.44. The summed E-state index contributed by atoms with van der Waals surface area (Å²) in [5.41, 5.74) is 0.622. The van der Waals surface area contributed by atoms with Gasteiger partial charge in [-0.3, -0.25) is 4.79 Å². The Kier molecular flexibility index (Phi) is 1.92. The molecular weight excluding hydrogens is 170 g/mol. The largest absolute Gasteiger partial charge is 0.481 e. The Hall–Kier alpha value is -1.52. The van der Waals surface area contributed by atoms with Crippen LogP contribution in [0.5, 0.6) is 0 Å². The third-order valence-corrected chi connectivity index (χ3v) is 2.02. The predicted octanol–water partition coefficient (Wildman–Crippen LogP) is 0.326. The highest BCUT2D eigenvalue weighted by Crippen LogP contribution is 2.14. The van der Waals surface area contributed by atoms with Gasteiger partial charge in [0.2, 0.25) is 5.95 Å². The first-order valence-corrected chi connectivity index (χ1v) is 4.27. The Morgan fingerprint density at radius 3 is 3.31 bits per heavy atom. The predicted molar refractivity (Wildman–Crippen MR) is 46.7 cm³/mol. The molecule has 1 aromatic rings. The number of carboxylic acids is 1. The van der Waals surface area contributed by atoms with Crippen molar-refractivity contribution in [1.29, 1.82) is 0 Å². The second kappa shape index (κ2) is 3.08. The van der Waals surface area contributed by atoms with Crippen LogP contribution in [-0.4, -0.2) is 27.2 Å². The summed E-state index contributed by atoms with van der Waals surface area (Å²) in [4.78, 5) is 14.6. The molecule has 1 aliphatic rings. The molecule has 70 valence electrons. The zero-order valence-electron chi connectivity index (χ0n) is 7.16. The smallest absolute Gasteiger partial charge is 0.309 e. The van der Waals surface area contributed by atoms with Gasteiger partial charge in [-0.25, -0.2) is 4.98 Å². The van der Waals surface area contributed by atoms with Gasteiger partial charge in [-0.05, 0) is 6.42 Å². The Morgan fingerprint density at radius 2 is 2.62 bits per heavy atom. The highest BCUT2D eigenvalue weighted by atomic mass is 16.4. The molecule has 5 nitrogen and oxygen atoms in total. The van der Waals surface area contributed by atoms with Crippen molar-refractivity contribution < 1.29 is 9.90 Å². The van der Waals surface area contributed by atoms with Crippen LogP contribution in [0.3, 0.4) is 0 Å². The first-order chi connectivity index (χ1) is 6.25. The van der Waals surface area contributed by atoms with E-state index in [9.17, 15) is 4.79 Å². The summed E-state index contributed by atoms with van der Waals surface area (Å²) in [6.45, 7) is 1.85.